The molecule has 0 spiro atoms. The van der Waals surface area contributed by atoms with Crippen molar-refractivity contribution >= 4 is 33.2 Å². The van der Waals surface area contributed by atoms with Crippen molar-refractivity contribution in [3.8, 4) is 5.75 Å². The highest BCUT2D eigenvalue weighted by Crippen LogP contribution is 2.27. The number of carbonyl (C=O) groups excluding carboxylic acids is 1. The van der Waals surface area contributed by atoms with Crippen LogP contribution in [0.4, 0.5) is 5.69 Å². The Morgan fingerprint density at radius 1 is 1.15 bits per heavy atom. The van der Waals surface area contributed by atoms with Crippen molar-refractivity contribution in [3.05, 3.63) is 53.6 Å². The van der Waals surface area contributed by atoms with Gasteiger partial charge in [0.1, 0.15) is 5.75 Å². The van der Waals surface area contributed by atoms with Crippen molar-refractivity contribution < 1.29 is 17.9 Å². The minimum absolute atomic E-state index is 0.0456. The average Bonchev–Trinajstić information content (AvgIpc) is 2.60. The fourth-order valence-corrected chi connectivity index (χ4v) is 3.53. The van der Waals surface area contributed by atoms with E-state index < -0.39 is 10.0 Å². The maximum absolute atomic E-state index is 12.2. The van der Waals surface area contributed by atoms with Gasteiger partial charge in [-0.3, -0.25) is 4.79 Å². The Labute approximate surface area is 158 Å². The molecule has 1 amide bonds. The van der Waals surface area contributed by atoms with Crippen molar-refractivity contribution in [1.29, 1.82) is 0 Å². The van der Waals surface area contributed by atoms with Crippen LogP contribution in [-0.2, 0) is 14.8 Å². The summed E-state index contributed by atoms with van der Waals surface area (Å²) >= 11 is 6.09. The molecule has 2 rings (SSSR count). The summed E-state index contributed by atoms with van der Waals surface area (Å²) in [6.45, 7) is 3.91. The summed E-state index contributed by atoms with van der Waals surface area (Å²) in [6.07, 6.45) is 0. The molecule has 2 aromatic carbocycles. The van der Waals surface area contributed by atoms with Crippen LogP contribution in [0.2, 0.25) is 5.02 Å². The Bertz CT molecular complexity index is 855. The largest absolute Gasteiger partial charge is 0.482 e. The molecule has 0 aliphatic heterocycles. The van der Waals surface area contributed by atoms with Crippen molar-refractivity contribution in [2.24, 2.45) is 5.92 Å². The highest BCUT2D eigenvalue weighted by Gasteiger charge is 2.16. The maximum atomic E-state index is 12.2. The van der Waals surface area contributed by atoms with Gasteiger partial charge >= 0.3 is 0 Å². The molecule has 2 N–H and O–H groups in total. The summed E-state index contributed by atoms with van der Waals surface area (Å²) in [6, 6.07) is 13.1. The lowest BCUT2D eigenvalue weighted by atomic mass is 10.2. The topological polar surface area (TPSA) is 84.5 Å². The molecule has 0 saturated carbocycles. The quantitative estimate of drug-likeness (QED) is 0.717. The monoisotopic (exact) mass is 396 g/mol. The predicted octanol–water partition coefficient (Wildman–Crippen LogP) is 3.29. The van der Waals surface area contributed by atoms with E-state index in [-0.39, 0.29) is 34.1 Å². The van der Waals surface area contributed by atoms with Crippen molar-refractivity contribution in [3.63, 3.8) is 0 Å². The van der Waals surface area contributed by atoms with Gasteiger partial charge in [-0.2, -0.15) is 0 Å². The van der Waals surface area contributed by atoms with Crippen molar-refractivity contribution in [1.82, 2.24) is 4.72 Å². The van der Waals surface area contributed by atoms with Crippen LogP contribution in [-0.4, -0.2) is 27.5 Å². The van der Waals surface area contributed by atoms with E-state index in [0.717, 1.165) is 0 Å². The molecule has 0 aliphatic rings. The van der Waals surface area contributed by atoms with Crippen LogP contribution in [0.1, 0.15) is 13.8 Å². The standard InChI is InChI=1S/C18H21ClN2O4S/c1-13(2)11-20-26(23,24)15-8-9-17(16(19)10-15)25-12-18(22)21-14-6-4-3-5-7-14/h3-10,13,20H,11-12H2,1-2H3,(H,21,22). The molecular formula is C18H21ClN2O4S. The van der Waals surface area contributed by atoms with Crippen LogP contribution >= 0.6 is 11.6 Å². The lowest BCUT2D eigenvalue weighted by Crippen LogP contribution is -2.27. The number of sulfonamides is 1. The molecule has 0 atom stereocenters. The summed E-state index contributed by atoms with van der Waals surface area (Å²) in [5.74, 6) is 0.0752. The molecule has 0 saturated heterocycles. The Morgan fingerprint density at radius 3 is 2.46 bits per heavy atom. The number of carbonyl (C=O) groups is 1. The van der Waals surface area contributed by atoms with Gasteiger partial charge in [0, 0.05) is 12.2 Å². The van der Waals surface area contributed by atoms with Crippen LogP contribution in [0.3, 0.4) is 0 Å². The molecule has 0 radical (unpaired) electrons. The van der Waals surface area contributed by atoms with Gasteiger partial charge in [-0.15, -0.1) is 0 Å². The molecule has 0 aliphatic carbocycles. The van der Waals surface area contributed by atoms with Gasteiger partial charge in [-0.25, -0.2) is 13.1 Å². The molecule has 0 bridgehead atoms. The number of amides is 1. The molecule has 0 unspecified atom stereocenters. The van der Waals surface area contributed by atoms with E-state index in [9.17, 15) is 13.2 Å². The Balaban J connectivity index is 1.98. The highest BCUT2D eigenvalue weighted by molar-refractivity contribution is 7.89. The fraction of sp³-hybridized carbons (Fsp3) is 0.278. The highest BCUT2D eigenvalue weighted by atomic mass is 35.5. The van der Waals surface area contributed by atoms with Crippen LogP contribution in [0, 0.1) is 5.92 Å². The molecule has 2 aromatic rings. The second-order valence-electron chi connectivity index (χ2n) is 6.04. The van der Waals surface area contributed by atoms with Gasteiger partial charge < -0.3 is 10.1 Å². The molecule has 140 valence electrons. The lowest BCUT2D eigenvalue weighted by molar-refractivity contribution is -0.118. The normalized spacial score (nSPS) is 11.4. The SMILES string of the molecule is CC(C)CNS(=O)(=O)c1ccc(OCC(=O)Nc2ccccc2)c(Cl)c1. The Morgan fingerprint density at radius 2 is 1.85 bits per heavy atom. The molecule has 8 heteroatoms. The average molecular weight is 397 g/mol. The third-order valence-electron chi connectivity index (χ3n) is 3.31. The maximum Gasteiger partial charge on any atom is 0.262 e. The first-order valence-electron chi connectivity index (χ1n) is 8.05. The van der Waals surface area contributed by atoms with Crippen LogP contribution in [0.25, 0.3) is 0 Å². The first-order chi connectivity index (χ1) is 12.3. The lowest BCUT2D eigenvalue weighted by Gasteiger charge is -2.12. The summed E-state index contributed by atoms with van der Waals surface area (Å²) in [5, 5.41) is 2.80. The van der Waals surface area contributed by atoms with Gasteiger partial charge in [-0.05, 0) is 36.2 Å². The zero-order valence-electron chi connectivity index (χ0n) is 14.5. The van der Waals surface area contributed by atoms with Crippen LogP contribution in [0.15, 0.2) is 53.4 Å². The first kappa shape index (κ1) is 20.2. The van der Waals surface area contributed by atoms with E-state index in [2.05, 4.69) is 10.0 Å². The minimum Gasteiger partial charge on any atom is -0.482 e. The zero-order valence-corrected chi connectivity index (χ0v) is 16.1. The van der Waals surface area contributed by atoms with Gasteiger partial charge in [0.05, 0.1) is 9.92 Å². The van der Waals surface area contributed by atoms with Gasteiger partial charge in [0.15, 0.2) is 6.61 Å². The number of anilines is 1. The molecule has 6 nitrogen and oxygen atoms in total. The summed E-state index contributed by atoms with van der Waals surface area (Å²) < 4.78 is 32.3. The van der Waals surface area contributed by atoms with E-state index in [1.807, 2.05) is 19.9 Å². The molecule has 0 aromatic heterocycles. The van der Waals surface area contributed by atoms with Gasteiger partial charge in [0.25, 0.3) is 5.91 Å². The van der Waals surface area contributed by atoms with E-state index in [1.54, 1.807) is 24.3 Å². The second kappa shape index (κ2) is 9.02. The number of ether oxygens (including phenoxy) is 1. The molecule has 26 heavy (non-hydrogen) atoms. The number of hydrogen-bond acceptors (Lipinski definition) is 4. The Kier molecular flexibility index (Phi) is 7.02. The van der Waals surface area contributed by atoms with Crippen LogP contribution in [0.5, 0.6) is 5.75 Å². The smallest absolute Gasteiger partial charge is 0.262 e. The third-order valence-corrected chi connectivity index (χ3v) is 5.03. The number of halogens is 1. The second-order valence-corrected chi connectivity index (χ2v) is 8.22. The fourth-order valence-electron chi connectivity index (χ4n) is 1.99. The third kappa shape index (κ3) is 6.01. The minimum atomic E-state index is -3.64. The first-order valence-corrected chi connectivity index (χ1v) is 9.91. The van der Waals surface area contributed by atoms with Crippen LogP contribution < -0.4 is 14.8 Å². The molecular weight excluding hydrogens is 376 g/mol. The number of benzene rings is 2. The summed E-state index contributed by atoms with van der Waals surface area (Å²) in [4.78, 5) is 11.9. The number of para-hydroxylation sites is 1. The van der Waals surface area contributed by atoms with Crippen molar-refractivity contribution in [2.75, 3.05) is 18.5 Å². The number of hydrogen-bond donors (Lipinski definition) is 2. The predicted molar refractivity (Wildman–Crippen MR) is 102 cm³/mol. The van der Waals surface area contributed by atoms with E-state index >= 15 is 0 Å². The number of nitrogens with one attached hydrogen (secondary N) is 2. The summed E-state index contributed by atoms with van der Waals surface area (Å²) in [5.41, 5.74) is 0.657. The zero-order chi connectivity index (χ0) is 19.2. The van der Waals surface area contributed by atoms with Gasteiger partial charge in [-0.1, -0.05) is 43.6 Å². The van der Waals surface area contributed by atoms with E-state index in [4.69, 9.17) is 16.3 Å². The number of rotatable bonds is 8. The van der Waals surface area contributed by atoms with E-state index in [0.29, 0.717) is 12.2 Å². The summed E-state index contributed by atoms with van der Waals surface area (Å²) in [7, 11) is -3.64. The molecule has 0 heterocycles. The Hall–Kier alpha value is -2.09. The molecule has 0 fully saturated rings. The van der Waals surface area contributed by atoms with Crippen molar-refractivity contribution in [2.45, 2.75) is 18.7 Å². The van der Waals surface area contributed by atoms with Gasteiger partial charge in [0.2, 0.25) is 10.0 Å². The van der Waals surface area contributed by atoms with E-state index in [1.165, 1.54) is 18.2 Å².